The van der Waals surface area contributed by atoms with Gasteiger partial charge in [-0.15, -0.1) is 0 Å². The van der Waals surface area contributed by atoms with Crippen LogP contribution in [-0.4, -0.2) is 61.1 Å². The standard InChI is InChI=1S/C20H29FN2O2/c1-16-5-6-18(19(21)15-16)20(24)23-11-7-17(8-12-23)25-14-13-22-9-3-2-4-10-22/h5-6,15,17H,2-4,7-14H2,1H3. The highest BCUT2D eigenvalue weighted by Gasteiger charge is 2.25. The van der Waals surface area contributed by atoms with Gasteiger partial charge in [-0.2, -0.15) is 0 Å². The topological polar surface area (TPSA) is 32.8 Å². The number of halogens is 1. The van der Waals surface area contributed by atoms with Crippen molar-refractivity contribution in [2.45, 2.75) is 45.1 Å². The molecule has 0 N–H and O–H groups in total. The number of ether oxygens (including phenoxy) is 1. The van der Waals surface area contributed by atoms with Gasteiger partial charge >= 0.3 is 0 Å². The zero-order chi connectivity index (χ0) is 17.6. The number of carbonyl (C=O) groups excluding carboxylic acids is 1. The number of nitrogens with zero attached hydrogens (tertiary/aromatic N) is 2. The van der Waals surface area contributed by atoms with Crippen LogP contribution >= 0.6 is 0 Å². The Hall–Kier alpha value is -1.46. The molecule has 2 saturated heterocycles. The molecule has 0 saturated carbocycles. The minimum Gasteiger partial charge on any atom is -0.377 e. The molecule has 1 aromatic carbocycles. The van der Waals surface area contributed by atoms with Gasteiger partial charge in [0, 0.05) is 19.6 Å². The maximum atomic E-state index is 14.0. The summed E-state index contributed by atoms with van der Waals surface area (Å²) in [6, 6.07) is 4.80. The molecule has 138 valence electrons. The SMILES string of the molecule is Cc1ccc(C(=O)N2CCC(OCCN3CCCCC3)CC2)c(F)c1. The summed E-state index contributed by atoms with van der Waals surface area (Å²) in [4.78, 5) is 16.7. The Balaban J connectivity index is 1.41. The number of benzene rings is 1. The van der Waals surface area contributed by atoms with Gasteiger partial charge in [-0.25, -0.2) is 4.39 Å². The van der Waals surface area contributed by atoms with Gasteiger partial charge in [-0.05, 0) is 63.4 Å². The normalized spacial score (nSPS) is 20.0. The van der Waals surface area contributed by atoms with Gasteiger partial charge in [-0.3, -0.25) is 4.79 Å². The predicted octanol–water partition coefficient (Wildman–Crippen LogP) is 3.24. The van der Waals surface area contributed by atoms with E-state index in [-0.39, 0.29) is 17.6 Å². The number of hydrogen-bond donors (Lipinski definition) is 0. The summed E-state index contributed by atoms with van der Waals surface area (Å²) in [6.45, 7) is 7.26. The fraction of sp³-hybridized carbons (Fsp3) is 0.650. The van der Waals surface area contributed by atoms with E-state index in [2.05, 4.69) is 4.90 Å². The van der Waals surface area contributed by atoms with Crippen LogP contribution in [0.5, 0.6) is 0 Å². The van der Waals surface area contributed by atoms with Crippen molar-refractivity contribution < 1.29 is 13.9 Å². The lowest BCUT2D eigenvalue weighted by Crippen LogP contribution is -2.42. The lowest BCUT2D eigenvalue weighted by molar-refractivity contribution is -0.00131. The molecule has 2 heterocycles. The van der Waals surface area contributed by atoms with Gasteiger partial charge in [0.05, 0.1) is 18.3 Å². The highest BCUT2D eigenvalue weighted by Crippen LogP contribution is 2.19. The van der Waals surface area contributed by atoms with Crippen molar-refractivity contribution >= 4 is 5.91 Å². The Morgan fingerprint density at radius 3 is 2.56 bits per heavy atom. The smallest absolute Gasteiger partial charge is 0.256 e. The molecular weight excluding hydrogens is 319 g/mol. The van der Waals surface area contributed by atoms with Crippen LogP contribution < -0.4 is 0 Å². The van der Waals surface area contributed by atoms with E-state index in [1.165, 1.54) is 38.4 Å². The zero-order valence-electron chi connectivity index (χ0n) is 15.2. The fourth-order valence-corrected chi connectivity index (χ4v) is 3.72. The molecule has 2 aliphatic rings. The van der Waals surface area contributed by atoms with Crippen LogP contribution in [0.2, 0.25) is 0 Å². The van der Waals surface area contributed by atoms with Gasteiger partial charge in [0.15, 0.2) is 0 Å². The van der Waals surface area contributed by atoms with E-state index < -0.39 is 5.82 Å². The summed E-state index contributed by atoms with van der Waals surface area (Å²) in [6.07, 6.45) is 5.84. The third-order valence-electron chi connectivity index (χ3n) is 5.29. The highest BCUT2D eigenvalue weighted by molar-refractivity contribution is 5.94. The first kappa shape index (κ1) is 18.3. The van der Waals surface area contributed by atoms with Crippen LogP contribution in [-0.2, 0) is 4.74 Å². The van der Waals surface area contributed by atoms with Crippen LogP contribution in [0.4, 0.5) is 4.39 Å². The van der Waals surface area contributed by atoms with Crippen molar-refractivity contribution in [1.29, 1.82) is 0 Å². The monoisotopic (exact) mass is 348 g/mol. The summed E-state index contributed by atoms with van der Waals surface area (Å²) in [5.74, 6) is -0.630. The zero-order valence-corrected chi connectivity index (χ0v) is 15.2. The Morgan fingerprint density at radius 2 is 1.88 bits per heavy atom. The van der Waals surface area contributed by atoms with E-state index in [9.17, 15) is 9.18 Å². The Labute approximate surface area is 149 Å². The molecule has 5 heteroatoms. The molecule has 0 bridgehead atoms. The largest absolute Gasteiger partial charge is 0.377 e. The number of amides is 1. The molecule has 0 radical (unpaired) electrons. The van der Waals surface area contributed by atoms with E-state index in [0.717, 1.165) is 31.6 Å². The minimum absolute atomic E-state index is 0.176. The maximum absolute atomic E-state index is 14.0. The molecule has 25 heavy (non-hydrogen) atoms. The Kier molecular flexibility index (Phi) is 6.43. The molecule has 2 fully saturated rings. The van der Waals surface area contributed by atoms with Crippen LogP contribution in [0.25, 0.3) is 0 Å². The molecule has 1 amide bonds. The molecule has 0 aliphatic carbocycles. The van der Waals surface area contributed by atoms with Crippen molar-refractivity contribution in [3.05, 3.63) is 35.1 Å². The second-order valence-corrected chi connectivity index (χ2v) is 7.25. The Morgan fingerprint density at radius 1 is 1.16 bits per heavy atom. The van der Waals surface area contributed by atoms with Crippen molar-refractivity contribution in [2.75, 3.05) is 39.3 Å². The summed E-state index contributed by atoms with van der Waals surface area (Å²) in [5, 5.41) is 0. The first-order valence-electron chi connectivity index (χ1n) is 9.53. The van der Waals surface area contributed by atoms with E-state index in [1.807, 2.05) is 6.92 Å². The minimum atomic E-state index is -0.426. The van der Waals surface area contributed by atoms with E-state index in [0.29, 0.717) is 13.1 Å². The average Bonchev–Trinajstić information content (AvgIpc) is 2.63. The van der Waals surface area contributed by atoms with Crippen LogP contribution in [0.15, 0.2) is 18.2 Å². The second kappa shape index (κ2) is 8.77. The van der Waals surface area contributed by atoms with Gasteiger partial charge in [0.2, 0.25) is 0 Å². The molecule has 3 rings (SSSR count). The first-order chi connectivity index (χ1) is 12.1. The van der Waals surface area contributed by atoms with Crippen molar-refractivity contribution in [2.24, 2.45) is 0 Å². The summed E-state index contributed by atoms with van der Waals surface area (Å²) < 4.78 is 20.0. The van der Waals surface area contributed by atoms with E-state index in [4.69, 9.17) is 4.74 Å². The van der Waals surface area contributed by atoms with Gasteiger partial charge in [-0.1, -0.05) is 12.5 Å². The van der Waals surface area contributed by atoms with Gasteiger partial charge in [0.1, 0.15) is 5.82 Å². The number of aryl methyl sites for hydroxylation is 1. The fourth-order valence-electron chi connectivity index (χ4n) is 3.72. The predicted molar refractivity (Wildman–Crippen MR) is 96.3 cm³/mol. The van der Waals surface area contributed by atoms with E-state index >= 15 is 0 Å². The van der Waals surface area contributed by atoms with Crippen LogP contribution in [0.1, 0.15) is 48.0 Å². The molecule has 0 aromatic heterocycles. The van der Waals surface area contributed by atoms with Crippen molar-refractivity contribution in [3.63, 3.8) is 0 Å². The number of piperidine rings is 2. The summed E-state index contributed by atoms with van der Waals surface area (Å²) >= 11 is 0. The molecule has 4 nitrogen and oxygen atoms in total. The quantitative estimate of drug-likeness (QED) is 0.819. The third-order valence-corrected chi connectivity index (χ3v) is 5.29. The maximum Gasteiger partial charge on any atom is 0.256 e. The number of likely N-dealkylation sites (tertiary alicyclic amines) is 2. The lowest BCUT2D eigenvalue weighted by atomic mass is 10.1. The van der Waals surface area contributed by atoms with Crippen molar-refractivity contribution in [3.8, 4) is 0 Å². The highest BCUT2D eigenvalue weighted by atomic mass is 19.1. The molecule has 0 atom stereocenters. The molecule has 0 unspecified atom stereocenters. The van der Waals surface area contributed by atoms with Crippen molar-refractivity contribution in [1.82, 2.24) is 9.80 Å². The number of rotatable bonds is 5. The molecular formula is C20H29FN2O2. The molecule has 1 aromatic rings. The number of carbonyl (C=O) groups is 1. The average molecular weight is 348 g/mol. The summed E-state index contributed by atoms with van der Waals surface area (Å²) in [7, 11) is 0. The molecule has 0 spiro atoms. The van der Waals surface area contributed by atoms with Gasteiger partial charge in [0.25, 0.3) is 5.91 Å². The lowest BCUT2D eigenvalue weighted by Gasteiger charge is -2.33. The van der Waals surface area contributed by atoms with E-state index in [1.54, 1.807) is 17.0 Å². The Bertz CT molecular complexity index is 579. The second-order valence-electron chi connectivity index (χ2n) is 7.25. The molecule has 2 aliphatic heterocycles. The van der Waals surface area contributed by atoms with Crippen LogP contribution in [0.3, 0.4) is 0 Å². The number of hydrogen-bond acceptors (Lipinski definition) is 3. The van der Waals surface area contributed by atoms with Crippen LogP contribution in [0, 0.1) is 12.7 Å². The van der Waals surface area contributed by atoms with Gasteiger partial charge < -0.3 is 14.5 Å². The third kappa shape index (κ3) is 5.02. The summed E-state index contributed by atoms with van der Waals surface area (Å²) in [5.41, 5.74) is 1.00. The first-order valence-corrected chi connectivity index (χ1v) is 9.53.